The summed E-state index contributed by atoms with van der Waals surface area (Å²) in [5, 5.41) is 11.5. The summed E-state index contributed by atoms with van der Waals surface area (Å²) in [6.07, 6.45) is 0. The first-order valence-corrected chi connectivity index (χ1v) is 2.89. The second-order valence-corrected chi connectivity index (χ2v) is 0.648. The number of rotatable bonds is 1. The second kappa shape index (κ2) is 704. The standard InChI is InChI=1S/C2H4N2.2CH4N2.2CH2O.H4N2/c1-3-4-2;2*1-3-2;3*1-2/h1-2H2;2*1-2H2;2*1H2;1-2H2. The number of hydrogen-bond acceptors (Lipinski definition) is 10. The first-order chi connectivity index (χ1) is 7.74. The van der Waals surface area contributed by atoms with Crippen molar-refractivity contribution >= 4 is 40.4 Å². The third-order valence-corrected chi connectivity index (χ3v) is 0.1000. The van der Waals surface area contributed by atoms with Crippen LogP contribution in [0.2, 0.25) is 0 Å². The SMILES string of the molecule is C=NN.C=NN.C=NN=C.C=O.C=O.NN. The van der Waals surface area contributed by atoms with Gasteiger partial charge < -0.3 is 21.3 Å². The average Bonchev–Trinajstić information content (AvgIpc) is 2.38. The van der Waals surface area contributed by atoms with E-state index in [1.54, 1.807) is 0 Å². The smallest absolute Gasteiger partial charge is 0.106 e. The summed E-state index contributed by atoms with van der Waals surface area (Å²) >= 11 is 0. The van der Waals surface area contributed by atoms with Crippen molar-refractivity contribution in [3.8, 4) is 0 Å². The van der Waals surface area contributed by atoms with E-state index in [1.165, 1.54) is 0 Å². The third kappa shape index (κ3) is 601. The molecule has 0 bridgehead atoms. The summed E-state index contributed by atoms with van der Waals surface area (Å²) in [7, 11) is 0. The number of hydrazine groups is 1. The van der Waals surface area contributed by atoms with Crippen LogP contribution < -0.4 is 23.4 Å². The Labute approximate surface area is 94.7 Å². The molecule has 96 valence electrons. The Bertz CT molecular complexity index is 107. The highest BCUT2D eigenvalue weighted by Gasteiger charge is 1.24. The van der Waals surface area contributed by atoms with E-state index in [9.17, 15) is 0 Å². The molecular weight excluding hydrogens is 216 g/mol. The zero-order valence-electron chi connectivity index (χ0n) is 9.16. The summed E-state index contributed by atoms with van der Waals surface area (Å²) < 4.78 is 0. The van der Waals surface area contributed by atoms with Crippen molar-refractivity contribution in [3.05, 3.63) is 0 Å². The maximum atomic E-state index is 8.00. The fraction of sp³-hybridized carbons (Fsp3) is 0. The molecule has 0 fully saturated rings. The molecule has 10 heteroatoms. The Balaban J connectivity index is -0.0000000193. The number of hydrogen-bond donors (Lipinski definition) is 4. The molecular formula is C6H20N8O2. The van der Waals surface area contributed by atoms with Gasteiger partial charge in [-0.1, -0.05) is 0 Å². The van der Waals surface area contributed by atoms with Crippen molar-refractivity contribution in [1.29, 1.82) is 0 Å². The van der Waals surface area contributed by atoms with Crippen LogP contribution in [-0.2, 0) is 9.59 Å². The summed E-state index contributed by atoms with van der Waals surface area (Å²) in [5.74, 6) is 16.7. The fourth-order valence-electron chi connectivity index (χ4n) is 0. The zero-order valence-corrected chi connectivity index (χ0v) is 9.16. The monoisotopic (exact) mass is 236 g/mol. The minimum absolute atomic E-state index is 2.00. The van der Waals surface area contributed by atoms with Gasteiger partial charge in [0.2, 0.25) is 0 Å². The van der Waals surface area contributed by atoms with Gasteiger partial charge in [-0.3, -0.25) is 11.7 Å². The predicted octanol–water partition coefficient (Wildman–Crippen LogP) is -2.13. The van der Waals surface area contributed by atoms with Gasteiger partial charge in [0.1, 0.15) is 13.6 Å². The minimum Gasteiger partial charge on any atom is -0.324 e. The fourth-order valence-corrected chi connectivity index (χ4v) is 0. The lowest BCUT2D eigenvalue weighted by molar-refractivity contribution is -0.0987. The van der Waals surface area contributed by atoms with E-state index < -0.39 is 0 Å². The maximum Gasteiger partial charge on any atom is 0.106 e. The maximum absolute atomic E-state index is 8.00. The molecule has 0 rings (SSSR count). The molecule has 0 unspecified atom stereocenters. The van der Waals surface area contributed by atoms with Gasteiger partial charge in [0.25, 0.3) is 0 Å². The van der Waals surface area contributed by atoms with E-state index in [1.807, 2.05) is 13.6 Å². The van der Waals surface area contributed by atoms with Crippen LogP contribution in [0.4, 0.5) is 0 Å². The molecule has 0 aromatic carbocycles. The summed E-state index contributed by atoms with van der Waals surface area (Å²) in [6, 6.07) is 0. The van der Waals surface area contributed by atoms with Crippen molar-refractivity contribution in [2.24, 2.45) is 43.8 Å². The molecule has 0 spiro atoms. The van der Waals surface area contributed by atoms with E-state index in [-0.39, 0.29) is 0 Å². The molecule has 0 saturated heterocycles. The van der Waals surface area contributed by atoms with Gasteiger partial charge in [-0.15, -0.1) is 0 Å². The van der Waals surface area contributed by atoms with E-state index >= 15 is 0 Å². The van der Waals surface area contributed by atoms with E-state index in [2.05, 4.69) is 70.6 Å². The summed E-state index contributed by atoms with van der Waals surface area (Å²) in [5.41, 5.74) is 0. The van der Waals surface area contributed by atoms with Crippen LogP contribution in [0.25, 0.3) is 0 Å². The first-order valence-electron chi connectivity index (χ1n) is 2.89. The number of nitrogens with zero attached hydrogens (tertiary/aromatic N) is 4. The molecule has 0 aromatic rings. The van der Waals surface area contributed by atoms with Crippen molar-refractivity contribution < 1.29 is 9.59 Å². The Morgan fingerprint density at radius 1 is 0.625 bits per heavy atom. The Morgan fingerprint density at radius 3 is 0.688 bits per heavy atom. The van der Waals surface area contributed by atoms with E-state index in [4.69, 9.17) is 9.59 Å². The van der Waals surface area contributed by atoms with Crippen LogP contribution >= 0.6 is 0 Å². The number of carbonyl (C=O) groups excluding carboxylic acids is 2. The summed E-state index contributed by atoms with van der Waals surface area (Å²) in [6.45, 7) is 15.8. The molecule has 0 aliphatic heterocycles. The van der Waals surface area contributed by atoms with Gasteiger partial charge >= 0.3 is 0 Å². The van der Waals surface area contributed by atoms with Crippen LogP contribution in [0.3, 0.4) is 0 Å². The molecule has 8 N–H and O–H groups in total. The molecule has 0 amide bonds. The van der Waals surface area contributed by atoms with Crippen LogP contribution in [0.1, 0.15) is 0 Å². The van der Waals surface area contributed by atoms with E-state index in [0.717, 1.165) is 0 Å². The Morgan fingerprint density at radius 2 is 0.688 bits per heavy atom. The normalized spacial score (nSPS) is 3.62. The highest BCUT2D eigenvalue weighted by atomic mass is 16.1. The van der Waals surface area contributed by atoms with Crippen molar-refractivity contribution in [3.63, 3.8) is 0 Å². The van der Waals surface area contributed by atoms with Crippen molar-refractivity contribution in [1.82, 2.24) is 0 Å². The van der Waals surface area contributed by atoms with Crippen LogP contribution in [0.15, 0.2) is 20.4 Å². The topological polar surface area (TPSA) is 188 Å². The van der Waals surface area contributed by atoms with Crippen LogP contribution in [-0.4, -0.2) is 40.4 Å². The average molecular weight is 236 g/mol. The minimum atomic E-state index is 2.00. The predicted molar refractivity (Wildman–Crippen MR) is 69.2 cm³/mol. The van der Waals surface area contributed by atoms with Gasteiger partial charge in [-0.2, -0.15) is 20.4 Å². The largest absolute Gasteiger partial charge is 0.324 e. The molecule has 0 aliphatic carbocycles. The van der Waals surface area contributed by atoms with Gasteiger partial charge in [-0.25, -0.2) is 0 Å². The lowest BCUT2D eigenvalue weighted by Crippen LogP contribution is -2.02. The van der Waals surface area contributed by atoms with Crippen LogP contribution in [0, 0.1) is 0 Å². The molecule has 0 atom stereocenters. The first kappa shape index (κ1) is 37.5. The third-order valence-electron chi connectivity index (χ3n) is 0.1000. The molecule has 10 nitrogen and oxygen atoms in total. The van der Waals surface area contributed by atoms with Gasteiger partial charge in [0, 0.05) is 26.9 Å². The van der Waals surface area contributed by atoms with E-state index in [0.29, 0.717) is 0 Å². The molecule has 0 aliphatic rings. The highest BCUT2D eigenvalue weighted by Crippen LogP contribution is 1.47. The van der Waals surface area contributed by atoms with Gasteiger partial charge in [-0.05, 0) is 0 Å². The number of nitrogens with two attached hydrogens (primary N) is 4. The molecule has 16 heavy (non-hydrogen) atoms. The Hall–Kier alpha value is -2.46. The summed E-state index contributed by atoms with van der Waals surface area (Å²) in [4.78, 5) is 16.0. The molecule has 0 heterocycles. The molecule has 0 aromatic heterocycles. The van der Waals surface area contributed by atoms with Gasteiger partial charge in [0.15, 0.2) is 0 Å². The highest BCUT2D eigenvalue weighted by molar-refractivity contribution is 5.28. The number of carbonyl (C=O) groups is 2. The quantitative estimate of drug-likeness (QED) is 0.228. The van der Waals surface area contributed by atoms with Gasteiger partial charge in [0.05, 0.1) is 0 Å². The zero-order chi connectivity index (χ0) is 14.8. The van der Waals surface area contributed by atoms with Crippen molar-refractivity contribution in [2.75, 3.05) is 0 Å². The van der Waals surface area contributed by atoms with Crippen LogP contribution in [0.5, 0.6) is 0 Å². The molecule has 0 radical (unpaired) electrons. The lowest BCUT2D eigenvalue weighted by atomic mass is 11.6. The number of hydrazone groups is 2. The Kier molecular flexibility index (Phi) is 1650. The molecule has 0 saturated carbocycles. The van der Waals surface area contributed by atoms with Crippen molar-refractivity contribution in [2.45, 2.75) is 0 Å². The lowest BCUT2D eigenvalue weighted by Gasteiger charge is -1.50. The second-order valence-electron chi connectivity index (χ2n) is 0.648.